The molecule has 0 aromatic carbocycles. The SMILES string of the molecule is CCOC(=O)c1c(N)sc(C(=O)CN)c1C. The lowest BCUT2D eigenvalue weighted by Crippen LogP contribution is -2.14. The van der Waals surface area contributed by atoms with Crippen molar-refractivity contribution >= 4 is 28.1 Å². The van der Waals surface area contributed by atoms with Crippen LogP contribution < -0.4 is 11.5 Å². The first-order chi connectivity index (χ1) is 7.52. The lowest BCUT2D eigenvalue weighted by atomic mass is 10.1. The molecule has 0 unspecified atom stereocenters. The van der Waals surface area contributed by atoms with Gasteiger partial charge in [0.1, 0.15) is 5.00 Å². The predicted molar refractivity (Wildman–Crippen MR) is 62.8 cm³/mol. The van der Waals surface area contributed by atoms with Gasteiger partial charge in [0.25, 0.3) is 0 Å². The standard InChI is InChI=1S/C10H14N2O3S/c1-3-15-10(14)7-5(2)8(6(13)4-11)16-9(7)12/h3-4,11-12H2,1-2H3. The number of thiophene rings is 1. The van der Waals surface area contributed by atoms with Crippen LogP contribution in [0.25, 0.3) is 0 Å². The number of Topliss-reactive ketones (excluding diaryl/α,β-unsaturated/α-hetero) is 1. The van der Waals surface area contributed by atoms with Crippen LogP contribution in [-0.2, 0) is 4.74 Å². The maximum atomic E-state index is 11.6. The Labute approximate surface area is 97.4 Å². The van der Waals surface area contributed by atoms with Gasteiger partial charge in [-0.05, 0) is 19.4 Å². The highest BCUT2D eigenvalue weighted by Crippen LogP contribution is 2.31. The van der Waals surface area contributed by atoms with Crippen LogP contribution in [0.4, 0.5) is 5.00 Å². The molecule has 0 saturated heterocycles. The number of nitrogen functional groups attached to an aromatic ring is 1. The summed E-state index contributed by atoms with van der Waals surface area (Å²) in [7, 11) is 0. The molecule has 0 fully saturated rings. The molecule has 0 spiro atoms. The normalized spacial score (nSPS) is 10.2. The van der Waals surface area contributed by atoms with E-state index in [1.54, 1.807) is 13.8 Å². The number of esters is 1. The molecule has 0 bridgehead atoms. The van der Waals surface area contributed by atoms with Crippen molar-refractivity contribution in [3.63, 3.8) is 0 Å². The Hall–Kier alpha value is -1.40. The first-order valence-electron chi connectivity index (χ1n) is 4.82. The number of ketones is 1. The van der Waals surface area contributed by atoms with Gasteiger partial charge in [-0.3, -0.25) is 4.79 Å². The van der Waals surface area contributed by atoms with E-state index in [9.17, 15) is 9.59 Å². The molecule has 0 amide bonds. The Morgan fingerprint density at radius 1 is 1.44 bits per heavy atom. The number of rotatable bonds is 4. The Morgan fingerprint density at radius 3 is 2.56 bits per heavy atom. The Bertz CT molecular complexity index is 426. The zero-order valence-corrected chi connectivity index (χ0v) is 10.0. The molecule has 0 aliphatic heterocycles. The summed E-state index contributed by atoms with van der Waals surface area (Å²) in [6, 6.07) is 0. The second-order valence-electron chi connectivity index (χ2n) is 3.14. The smallest absolute Gasteiger partial charge is 0.341 e. The maximum absolute atomic E-state index is 11.6. The summed E-state index contributed by atoms with van der Waals surface area (Å²) in [6.07, 6.45) is 0. The molecule has 0 aliphatic rings. The molecule has 1 aromatic rings. The number of hydrogen-bond acceptors (Lipinski definition) is 6. The number of hydrogen-bond donors (Lipinski definition) is 2. The van der Waals surface area contributed by atoms with Crippen molar-refractivity contribution in [2.45, 2.75) is 13.8 Å². The van der Waals surface area contributed by atoms with E-state index in [0.29, 0.717) is 15.4 Å². The van der Waals surface area contributed by atoms with Gasteiger partial charge in [-0.15, -0.1) is 11.3 Å². The molecule has 1 aromatic heterocycles. The minimum Gasteiger partial charge on any atom is -0.462 e. The Balaban J connectivity index is 3.17. The molecule has 16 heavy (non-hydrogen) atoms. The van der Waals surface area contributed by atoms with Crippen molar-refractivity contribution in [1.29, 1.82) is 0 Å². The number of carbonyl (C=O) groups excluding carboxylic acids is 2. The van der Waals surface area contributed by atoms with Crippen LogP contribution in [0.3, 0.4) is 0 Å². The van der Waals surface area contributed by atoms with Crippen molar-refractivity contribution in [2.24, 2.45) is 5.73 Å². The fourth-order valence-corrected chi connectivity index (χ4v) is 2.36. The van der Waals surface area contributed by atoms with E-state index < -0.39 is 5.97 Å². The van der Waals surface area contributed by atoms with Gasteiger partial charge in [-0.2, -0.15) is 0 Å². The van der Waals surface area contributed by atoms with E-state index in [2.05, 4.69) is 0 Å². The number of carbonyl (C=O) groups is 2. The van der Waals surface area contributed by atoms with E-state index in [0.717, 1.165) is 11.3 Å². The summed E-state index contributed by atoms with van der Waals surface area (Å²) in [4.78, 5) is 23.5. The first-order valence-corrected chi connectivity index (χ1v) is 5.63. The van der Waals surface area contributed by atoms with Gasteiger partial charge in [0.05, 0.1) is 23.6 Å². The Kier molecular flexibility index (Phi) is 4.03. The van der Waals surface area contributed by atoms with Crippen LogP contribution in [0.15, 0.2) is 0 Å². The van der Waals surface area contributed by atoms with Gasteiger partial charge in [0.2, 0.25) is 0 Å². The van der Waals surface area contributed by atoms with E-state index in [1.807, 2.05) is 0 Å². The molecule has 4 N–H and O–H groups in total. The highest BCUT2D eigenvalue weighted by molar-refractivity contribution is 7.18. The predicted octanol–water partition coefficient (Wildman–Crippen LogP) is 0.957. The molecular formula is C10H14N2O3S. The molecule has 5 nitrogen and oxygen atoms in total. The van der Waals surface area contributed by atoms with Gasteiger partial charge in [-0.1, -0.05) is 0 Å². The quantitative estimate of drug-likeness (QED) is 0.605. The summed E-state index contributed by atoms with van der Waals surface area (Å²) < 4.78 is 4.86. The zero-order chi connectivity index (χ0) is 12.3. The summed E-state index contributed by atoms with van der Waals surface area (Å²) in [5, 5.41) is 0.299. The second-order valence-corrected chi connectivity index (χ2v) is 4.20. The third kappa shape index (κ3) is 2.23. The summed E-state index contributed by atoms with van der Waals surface area (Å²) >= 11 is 1.08. The van der Waals surface area contributed by atoms with Crippen LogP contribution >= 0.6 is 11.3 Å². The van der Waals surface area contributed by atoms with Crippen molar-refractivity contribution in [2.75, 3.05) is 18.9 Å². The van der Waals surface area contributed by atoms with Crippen molar-refractivity contribution in [1.82, 2.24) is 0 Å². The second kappa shape index (κ2) is 5.09. The molecule has 0 radical (unpaired) electrons. The summed E-state index contributed by atoms with van der Waals surface area (Å²) in [5.41, 5.74) is 11.8. The van der Waals surface area contributed by atoms with Crippen molar-refractivity contribution < 1.29 is 14.3 Å². The van der Waals surface area contributed by atoms with Crippen molar-refractivity contribution in [3.8, 4) is 0 Å². The molecule has 0 atom stereocenters. The number of nitrogens with two attached hydrogens (primary N) is 2. The third-order valence-electron chi connectivity index (χ3n) is 2.09. The topological polar surface area (TPSA) is 95.4 Å². The molecule has 1 heterocycles. The maximum Gasteiger partial charge on any atom is 0.341 e. The van der Waals surface area contributed by atoms with E-state index in [4.69, 9.17) is 16.2 Å². The molecular weight excluding hydrogens is 228 g/mol. The van der Waals surface area contributed by atoms with E-state index in [1.165, 1.54) is 0 Å². The third-order valence-corrected chi connectivity index (χ3v) is 3.25. The van der Waals surface area contributed by atoms with E-state index >= 15 is 0 Å². The van der Waals surface area contributed by atoms with Gasteiger partial charge >= 0.3 is 5.97 Å². The Morgan fingerprint density at radius 2 is 2.06 bits per heavy atom. The highest BCUT2D eigenvalue weighted by atomic mass is 32.1. The van der Waals surface area contributed by atoms with Crippen LogP contribution in [-0.4, -0.2) is 24.9 Å². The lowest BCUT2D eigenvalue weighted by Gasteiger charge is -2.02. The van der Waals surface area contributed by atoms with Crippen LogP contribution in [0.2, 0.25) is 0 Å². The molecule has 0 saturated carbocycles. The summed E-state index contributed by atoms with van der Waals surface area (Å²) in [5.74, 6) is -0.713. The van der Waals surface area contributed by atoms with Crippen LogP contribution in [0, 0.1) is 6.92 Å². The van der Waals surface area contributed by atoms with Crippen molar-refractivity contribution in [3.05, 3.63) is 16.0 Å². The summed E-state index contributed by atoms with van der Waals surface area (Å²) in [6.45, 7) is 3.56. The first kappa shape index (κ1) is 12.7. The molecule has 6 heteroatoms. The van der Waals surface area contributed by atoms with Gasteiger partial charge < -0.3 is 16.2 Å². The monoisotopic (exact) mass is 242 g/mol. The minimum absolute atomic E-state index is 0.0942. The minimum atomic E-state index is -0.496. The molecule has 1 rings (SSSR count). The highest BCUT2D eigenvalue weighted by Gasteiger charge is 2.23. The molecule has 0 aliphatic carbocycles. The lowest BCUT2D eigenvalue weighted by molar-refractivity contribution is 0.0527. The fourth-order valence-electron chi connectivity index (χ4n) is 1.35. The average Bonchev–Trinajstić information content (AvgIpc) is 2.53. The van der Waals surface area contributed by atoms with Crippen LogP contribution in [0.1, 0.15) is 32.5 Å². The van der Waals surface area contributed by atoms with Gasteiger partial charge in [0.15, 0.2) is 5.78 Å². The largest absolute Gasteiger partial charge is 0.462 e. The average molecular weight is 242 g/mol. The molecule has 88 valence electrons. The van der Waals surface area contributed by atoms with Gasteiger partial charge in [-0.25, -0.2) is 4.79 Å². The van der Waals surface area contributed by atoms with Crippen LogP contribution in [0.5, 0.6) is 0 Å². The fraction of sp³-hybridized carbons (Fsp3) is 0.400. The van der Waals surface area contributed by atoms with E-state index in [-0.39, 0.29) is 24.5 Å². The number of ether oxygens (including phenoxy) is 1. The zero-order valence-electron chi connectivity index (χ0n) is 9.20. The number of anilines is 1. The van der Waals surface area contributed by atoms with Gasteiger partial charge in [0, 0.05) is 0 Å².